The summed E-state index contributed by atoms with van der Waals surface area (Å²) in [5.74, 6) is -1.20. The predicted octanol–water partition coefficient (Wildman–Crippen LogP) is 5.79. The highest BCUT2D eigenvalue weighted by Gasteiger charge is 2.22. The maximum atomic E-state index is 14.1. The minimum Gasteiger partial charge on any atom is -0.306 e. The van der Waals surface area contributed by atoms with Gasteiger partial charge in [-0.05, 0) is 40.7 Å². The third kappa shape index (κ3) is 3.34. The quantitative estimate of drug-likeness (QED) is 0.640. The summed E-state index contributed by atoms with van der Waals surface area (Å²) in [7, 11) is 0. The van der Waals surface area contributed by atoms with Crippen LogP contribution in [-0.2, 0) is 0 Å². The molecule has 0 amide bonds. The molecule has 0 fully saturated rings. The van der Waals surface area contributed by atoms with E-state index in [4.69, 9.17) is 23.2 Å². The highest BCUT2D eigenvalue weighted by Crippen LogP contribution is 2.38. The standard InChI is InChI=1S/C13H10BrCl2F2NS/c1-2-19-12(11-4-7(14)13(16)20-11)6-3-10(18)8(15)5-9(6)17/h3-5,12,19H,2H2,1H3. The van der Waals surface area contributed by atoms with E-state index in [0.29, 0.717) is 10.9 Å². The fraction of sp³-hybridized carbons (Fsp3) is 0.231. The lowest BCUT2D eigenvalue weighted by Gasteiger charge is -2.18. The van der Waals surface area contributed by atoms with E-state index in [-0.39, 0.29) is 10.6 Å². The van der Waals surface area contributed by atoms with E-state index in [1.807, 2.05) is 6.92 Å². The molecule has 1 nitrogen and oxygen atoms in total. The maximum Gasteiger partial charge on any atom is 0.142 e. The summed E-state index contributed by atoms with van der Waals surface area (Å²) < 4.78 is 29.0. The van der Waals surface area contributed by atoms with Gasteiger partial charge in [0, 0.05) is 14.9 Å². The van der Waals surface area contributed by atoms with E-state index in [9.17, 15) is 8.78 Å². The summed E-state index contributed by atoms with van der Waals surface area (Å²) in [6, 6.07) is 3.43. The molecule has 0 spiro atoms. The third-order valence-corrected chi connectivity index (χ3v) is 5.54. The van der Waals surface area contributed by atoms with Gasteiger partial charge in [0.25, 0.3) is 0 Å². The van der Waals surface area contributed by atoms with Gasteiger partial charge in [0.15, 0.2) is 0 Å². The Morgan fingerprint density at radius 2 is 1.95 bits per heavy atom. The molecule has 0 aliphatic carbocycles. The first-order valence-corrected chi connectivity index (χ1v) is 8.13. The van der Waals surface area contributed by atoms with Gasteiger partial charge in [0.1, 0.15) is 16.0 Å². The first kappa shape index (κ1) is 16.2. The van der Waals surface area contributed by atoms with Gasteiger partial charge in [-0.15, -0.1) is 11.3 Å². The monoisotopic (exact) mass is 399 g/mol. The van der Waals surface area contributed by atoms with Gasteiger partial charge in [0.05, 0.1) is 11.1 Å². The van der Waals surface area contributed by atoms with Crippen LogP contribution in [0.4, 0.5) is 8.78 Å². The molecule has 108 valence electrons. The second-order valence-electron chi connectivity index (χ2n) is 4.05. The first-order chi connectivity index (χ1) is 9.43. The largest absolute Gasteiger partial charge is 0.306 e. The lowest BCUT2D eigenvalue weighted by Crippen LogP contribution is -2.22. The minimum absolute atomic E-state index is 0.208. The Kier molecular flexibility index (Phi) is 5.42. The topological polar surface area (TPSA) is 12.0 Å². The predicted molar refractivity (Wildman–Crippen MR) is 83.9 cm³/mol. The molecule has 0 radical (unpaired) electrons. The average Bonchev–Trinajstić information content (AvgIpc) is 2.71. The number of rotatable bonds is 4. The van der Waals surface area contributed by atoms with Crippen molar-refractivity contribution in [1.29, 1.82) is 0 Å². The normalized spacial score (nSPS) is 12.7. The number of thiophene rings is 1. The molecule has 20 heavy (non-hydrogen) atoms. The number of hydrogen-bond donors (Lipinski definition) is 1. The van der Waals surface area contributed by atoms with Crippen molar-refractivity contribution in [1.82, 2.24) is 5.32 Å². The van der Waals surface area contributed by atoms with E-state index in [2.05, 4.69) is 21.2 Å². The molecule has 1 aromatic carbocycles. The molecule has 1 unspecified atom stereocenters. The molecule has 2 aromatic rings. The second kappa shape index (κ2) is 6.71. The smallest absolute Gasteiger partial charge is 0.142 e. The number of nitrogens with one attached hydrogen (secondary N) is 1. The van der Waals surface area contributed by atoms with E-state index in [0.717, 1.165) is 21.5 Å². The van der Waals surface area contributed by atoms with Crippen LogP contribution in [-0.4, -0.2) is 6.54 Å². The molecule has 0 saturated heterocycles. The molecule has 2 rings (SSSR count). The Balaban J connectivity index is 2.50. The number of benzene rings is 1. The number of hydrogen-bond acceptors (Lipinski definition) is 2. The minimum atomic E-state index is -0.646. The molecular weight excluding hydrogens is 391 g/mol. The van der Waals surface area contributed by atoms with Crippen molar-refractivity contribution in [2.45, 2.75) is 13.0 Å². The molecule has 0 saturated carbocycles. The van der Waals surface area contributed by atoms with Crippen molar-refractivity contribution in [3.05, 3.63) is 54.1 Å². The van der Waals surface area contributed by atoms with Crippen molar-refractivity contribution in [3.8, 4) is 0 Å². The van der Waals surface area contributed by atoms with Crippen LogP contribution in [0.2, 0.25) is 9.36 Å². The average molecular weight is 401 g/mol. The maximum absolute atomic E-state index is 14.1. The third-order valence-electron chi connectivity index (χ3n) is 2.71. The number of halogens is 5. The first-order valence-electron chi connectivity index (χ1n) is 5.76. The van der Waals surface area contributed by atoms with Crippen LogP contribution in [0.5, 0.6) is 0 Å². The Labute approximate surface area is 138 Å². The van der Waals surface area contributed by atoms with Crippen LogP contribution in [0.25, 0.3) is 0 Å². The Bertz CT molecular complexity index is 614. The van der Waals surface area contributed by atoms with E-state index in [1.165, 1.54) is 11.3 Å². The zero-order valence-corrected chi connectivity index (χ0v) is 14.2. The molecule has 0 aliphatic rings. The molecule has 0 aliphatic heterocycles. The zero-order valence-electron chi connectivity index (χ0n) is 10.3. The summed E-state index contributed by atoms with van der Waals surface area (Å²) in [6.45, 7) is 2.49. The van der Waals surface area contributed by atoms with Crippen LogP contribution >= 0.6 is 50.5 Å². The molecular formula is C13H10BrCl2F2NS. The van der Waals surface area contributed by atoms with Crippen LogP contribution in [0.15, 0.2) is 22.7 Å². The highest BCUT2D eigenvalue weighted by molar-refractivity contribution is 9.10. The molecule has 1 N–H and O–H groups in total. The van der Waals surface area contributed by atoms with Gasteiger partial charge < -0.3 is 5.32 Å². The lowest BCUT2D eigenvalue weighted by molar-refractivity contribution is 0.548. The van der Waals surface area contributed by atoms with Crippen molar-refractivity contribution < 1.29 is 8.78 Å². The molecule has 1 atom stereocenters. The van der Waals surface area contributed by atoms with Crippen LogP contribution in [0, 0.1) is 11.6 Å². The summed E-state index contributed by atoms with van der Waals surface area (Å²) >= 11 is 16.2. The summed E-state index contributed by atoms with van der Waals surface area (Å²) in [5, 5.41) is 2.89. The van der Waals surface area contributed by atoms with Gasteiger partial charge in [-0.1, -0.05) is 30.1 Å². The van der Waals surface area contributed by atoms with Gasteiger partial charge in [0.2, 0.25) is 0 Å². The van der Waals surface area contributed by atoms with Crippen molar-refractivity contribution in [2.24, 2.45) is 0 Å². The van der Waals surface area contributed by atoms with E-state index < -0.39 is 17.7 Å². The Morgan fingerprint density at radius 3 is 2.50 bits per heavy atom. The van der Waals surface area contributed by atoms with Crippen molar-refractivity contribution >= 4 is 50.5 Å². The van der Waals surface area contributed by atoms with Crippen LogP contribution in [0.3, 0.4) is 0 Å². The van der Waals surface area contributed by atoms with Gasteiger partial charge in [-0.3, -0.25) is 0 Å². The summed E-state index contributed by atoms with van der Waals surface area (Å²) in [4.78, 5) is 0.796. The fourth-order valence-corrected chi connectivity index (χ4v) is 3.81. The highest BCUT2D eigenvalue weighted by atomic mass is 79.9. The summed E-state index contributed by atoms with van der Waals surface area (Å²) in [5.41, 5.74) is 0.208. The van der Waals surface area contributed by atoms with Crippen LogP contribution < -0.4 is 5.32 Å². The second-order valence-corrected chi connectivity index (χ2v) is 7.00. The molecule has 1 aromatic heterocycles. The van der Waals surface area contributed by atoms with Gasteiger partial charge in [-0.2, -0.15) is 0 Å². The van der Waals surface area contributed by atoms with Crippen molar-refractivity contribution in [3.63, 3.8) is 0 Å². The van der Waals surface area contributed by atoms with E-state index >= 15 is 0 Å². The fourth-order valence-electron chi connectivity index (χ4n) is 1.83. The Morgan fingerprint density at radius 1 is 1.25 bits per heavy atom. The molecule has 1 heterocycles. The van der Waals surface area contributed by atoms with Gasteiger partial charge >= 0.3 is 0 Å². The van der Waals surface area contributed by atoms with E-state index in [1.54, 1.807) is 6.07 Å². The van der Waals surface area contributed by atoms with Crippen LogP contribution in [0.1, 0.15) is 23.4 Å². The summed E-state index contributed by atoms with van der Waals surface area (Å²) in [6.07, 6.45) is 0. The SMILES string of the molecule is CCNC(c1cc(Br)c(Cl)s1)c1cc(F)c(Cl)cc1F. The van der Waals surface area contributed by atoms with Gasteiger partial charge in [-0.25, -0.2) is 8.78 Å². The Hall–Kier alpha value is -0.200. The zero-order chi connectivity index (χ0) is 14.9. The van der Waals surface area contributed by atoms with Crippen molar-refractivity contribution in [2.75, 3.05) is 6.54 Å². The lowest BCUT2D eigenvalue weighted by atomic mass is 10.0. The molecule has 7 heteroatoms. The molecule has 0 bridgehead atoms.